The first-order valence-electron chi connectivity index (χ1n) is 7.55. The molecule has 0 aliphatic carbocycles. The molecular weight excluding hydrogens is 292 g/mol. The number of imidazole rings is 1. The number of carbonyl (C=O) groups excluding carboxylic acids is 1. The number of aromatic nitrogens is 3. The van der Waals surface area contributed by atoms with E-state index < -0.39 is 0 Å². The van der Waals surface area contributed by atoms with Crippen LogP contribution in [0, 0.1) is 0 Å². The van der Waals surface area contributed by atoms with Gasteiger partial charge in [0.25, 0.3) is 5.91 Å². The number of hydrogen-bond acceptors (Lipinski definition) is 4. The Labute approximate surface area is 133 Å². The zero-order valence-electron chi connectivity index (χ0n) is 12.5. The fourth-order valence-corrected chi connectivity index (χ4v) is 3.07. The summed E-state index contributed by atoms with van der Waals surface area (Å²) < 4.78 is 1.58. The molecule has 0 saturated heterocycles. The van der Waals surface area contributed by atoms with E-state index in [1.54, 1.807) is 33.9 Å². The lowest BCUT2D eigenvalue weighted by Gasteiger charge is -2.35. The number of aliphatic hydroxyl groups excluding tert-OH is 1. The minimum atomic E-state index is -0.227. The molecule has 0 bridgehead atoms. The van der Waals surface area contributed by atoms with Crippen molar-refractivity contribution in [2.24, 2.45) is 0 Å². The highest BCUT2D eigenvalue weighted by Gasteiger charge is 2.31. The van der Waals surface area contributed by atoms with Crippen LogP contribution in [0.4, 0.5) is 0 Å². The van der Waals surface area contributed by atoms with Crippen LogP contribution in [0.25, 0.3) is 5.65 Å². The second-order valence-corrected chi connectivity index (χ2v) is 5.69. The van der Waals surface area contributed by atoms with Gasteiger partial charge in [-0.15, -0.1) is 0 Å². The molecule has 0 radical (unpaired) electrons. The molecule has 1 amide bonds. The van der Waals surface area contributed by atoms with Crippen molar-refractivity contribution in [2.45, 2.75) is 19.0 Å². The van der Waals surface area contributed by atoms with E-state index in [9.17, 15) is 9.90 Å². The Balaban J connectivity index is 1.69. The van der Waals surface area contributed by atoms with E-state index in [0.717, 1.165) is 5.56 Å². The highest BCUT2D eigenvalue weighted by atomic mass is 16.3. The molecule has 1 aromatic carbocycles. The summed E-state index contributed by atoms with van der Waals surface area (Å²) in [7, 11) is 0. The molecule has 1 aliphatic rings. The van der Waals surface area contributed by atoms with Crippen molar-refractivity contribution in [3.63, 3.8) is 0 Å². The van der Waals surface area contributed by atoms with E-state index in [2.05, 4.69) is 16.1 Å². The zero-order chi connectivity index (χ0) is 15.8. The maximum Gasteiger partial charge on any atom is 0.274 e. The van der Waals surface area contributed by atoms with Gasteiger partial charge in [0.2, 0.25) is 0 Å². The average molecular weight is 308 g/mol. The van der Waals surface area contributed by atoms with Crippen LogP contribution in [0.15, 0.2) is 48.8 Å². The van der Waals surface area contributed by atoms with Crippen molar-refractivity contribution >= 4 is 11.6 Å². The van der Waals surface area contributed by atoms with Crippen LogP contribution in [0.1, 0.15) is 21.6 Å². The quantitative estimate of drug-likeness (QED) is 0.774. The fourth-order valence-electron chi connectivity index (χ4n) is 3.07. The maximum atomic E-state index is 12.9. The normalized spacial score (nSPS) is 17.3. The van der Waals surface area contributed by atoms with Crippen molar-refractivity contribution in [2.75, 3.05) is 6.61 Å². The molecule has 0 spiro atoms. The Hall–Kier alpha value is -2.73. The minimum absolute atomic E-state index is 0.0638. The van der Waals surface area contributed by atoms with Gasteiger partial charge in [0.1, 0.15) is 5.69 Å². The summed E-state index contributed by atoms with van der Waals surface area (Å²) >= 11 is 0. The Bertz CT molecular complexity index is 841. The number of hydrogen-bond donors (Lipinski definition) is 1. The second-order valence-electron chi connectivity index (χ2n) is 5.69. The number of fused-ring (bicyclic) bond motifs is 2. The third-order valence-corrected chi connectivity index (χ3v) is 4.28. The van der Waals surface area contributed by atoms with E-state index in [0.29, 0.717) is 24.3 Å². The van der Waals surface area contributed by atoms with Gasteiger partial charge in [-0.2, -0.15) is 5.10 Å². The molecule has 1 N–H and O–H groups in total. The van der Waals surface area contributed by atoms with Crippen molar-refractivity contribution in [1.29, 1.82) is 0 Å². The number of carbonyl (C=O) groups is 1. The fraction of sp³-hybridized carbons (Fsp3) is 0.235. The number of amides is 1. The largest absolute Gasteiger partial charge is 0.394 e. The standard InChI is InChI=1S/C17H16N4O2/c22-11-14-8-12-4-1-2-5-13(12)9-20(14)17(23)15-10-21-16(19-15)6-3-7-18-21/h1-7,10,14,22H,8-9,11H2/t14-/m0/s1. The summed E-state index contributed by atoms with van der Waals surface area (Å²) in [5.41, 5.74) is 3.29. The van der Waals surface area contributed by atoms with Gasteiger partial charge in [0.15, 0.2) is 5.65 Å². The van der Waals surface area contributed by atoms with Gasteiger partial charge in [0, 0.05) is 12.7 Å². The topological polar surface area (TPSA) is 70.7 Å². The Morgan fingerprint density at radius 2 is 2.04 bits per heavy atom. The summed E-state index contributed by atoms with van der Waals surface area (Å²) in [6.07, 6.45) is 3.94. The van der Waals surface area contributed by atoms with Crippen LogP contribution in [0.2, 0.25) is 0 Å². The molecule has 116 valence electrons. The van der Waals surface area contributed by atoms with Crippen molar-refractivity contribution < 1.29 is 9.90 Å². The highest BCUT2D eigenvalue weighted by Crippen LogP contribution is 2.24. The van der Waals surface area contributed by atoms with E-state index in [1.165, 1.54) is 5.56 Å². The van der Waals surface area contributed by atoms with Crippen LogP contribution in [0.5, 0.6) is 0 Å². The Morgan fingerprint density at radius 3 is 2.83 bits per heavy atom. The third-order valence-electron chi connectivity index (χ3n) is 4.28. The smallest absolute Gasteiger partial charge is 0.274 e. The van der Waals surface area contributed by atoms with Gasteiger partial charge >= 0.3 is 0 Å². The molecule has 6 heteroatoms. The van der Waals surface area contributed by atoms with Crippen molar-refractivity contribution in [3.8, 4) is 0 Å². The van der Waals surface area contributed by atoms with Crippen molar-refractivity contribution in [1.82, 2.24) is 19.5 Å². The van der Waals surface area contributed by atoms with E-state index in [1.807, 2.05) is 18.2 Å². The molecule has 0 unspecified atom stereocenters. The second kappa shape index (κ2) is 5.48. The molecule has 6 nitrogen and oxygen atoms in total. The number of nitrogens with zero attached hydrogens (tertiary/aromatic N) is 4. The summed E-state index contributed by atoms with van der Waals surface area (Å²) in [4.78, 5) is 18.9. The first-order valence-corrected chi connectivity index (χ1v) is 7.55. The SMILES string of the molecule is O=C(c1cn2ncccc2n1)N1Cc2ccccc2C[C@H]1CO. The predicted molar refractivity (Wildman–Crippen MR) is 83.9 cm³/mol. The van der Waals surface area contributed by atoms with Crippen LogP contribution < -0.4 is 0 Å². The van der Waals surface area contributed by atoms with Gasteiger partial charge in [-0.1, -0.05) is 24.3 Å². The number of aliphatic hydroxyl groups is 1. The lowest BCUT2D eigenvalue weighted by Crippen LogP contribution is -2.46. The minimum Gasteiger partial charge on any atom is -0.394 e. The van der Waals surface area contributed by atoms with E-state index in [4.69, 9.17) is 0 Å². The van der Waals surface area contributed by atoms with Gasteiger partial charge < -0.3 is 10.0 Å². The maximum absolute atomic E-state index is 12.9. The molecule has 0 saturated carbocycles. The molecule has 0 fully saturated rings. The molecule has 23 heavy (non-hydrogen) atoms. The Kier molecular flexibility index (Phi) is 3.31. The molecule has 1 atom stereocenters. The first-order chi connectivity index (χ1) is 11.3. The average Bonchev–Trinajstić information content (AvgIpc) is 3.04. The zero-order valence-corrected chi connectivity index (χ0v) is 12.5. The molecule has 4 rings (SSSR count). The summed E-state index contributed by atoms with van der Waals surface area (Å²) in [6, 6.07) is 11.4. The summed E-state index contributed by atoms with van der Waals surface area (Å²) in [5.74, 6) is -0.177. The van der Waals surface area contributed by atoms with Crippen LogP contribution in [-0.2, 0) is 13.0 Å². The van der Waals surface area contributed by atoms with Crippen LogP contribution in [-0.4, -0.2) is 43.2 Å². The van der Waals surface area contributed by atoms with Gasteiger partial charge in [0.05, 0.1) is 18.8 Å². The molecule has 2 aromatic heterocycles. The summed E-state index contributed by atoms with van der Waals surface area (Å²) in [5, 5.41) is 13.8. The van der Waals surface area contributed by atoms with Crippen molar-refractivity contribution in [3.05, 3.63) is 65.6 Å². The van der Waals surface area contributed by atoms with Gasteiger partial charge in [-0.05, 0) is 29.7 Å². The number of rotatable bonds is 2. The number of benzene rings is 1. The third kappa shape index (κ3) is 2.37. The highest BCUT2D eigenvalue weighted by molar-refractivity contribution is 5.93. The van der Waals surface area contributed by atoms with E-state index >= 15 is 0 Å². The van der Waals surface area contributed by atoms with Crippen LogP contribution >= 0.6 is 0 Å². The molecule has 3 aromatic rings. The van der Waals surface area contributed by atoms with E-state index in [-0.39, 0.29) is 18.6 Å². The lowest BCUT2D eigenvalue weighted by atomic mass is 9.94. The summed E-state index contributed by atoms with van der Waals surface area (Å²) in [6.45, 7) is 0.424. The van der Waals surface area contributed by atoms with Crippen LogP contribution in [0.3, 0.4) is 0 Å². The monoisotopic (exact) mass is 308 g/mol. The van der Waals surface area contributed by atoms with Gasteiger partial charge in [-0.25, -0.2) is 9.50 Å². The molecular formula is C17H16N4O2. The lowest BCUT2D eigenvalue weighted by molar-refractivity contribution is 0.0539. The Morgan fingerprint density at radius 1 is 1.22 bits per heavy atom. The molecule has 1 aliphatic heterocycles. The molecule has 3 heterocycles. The first kappa shape index (κ1) is 13.9. The van der Waals surface area contributed by atoms with Gasteiger partial charge in [-0.3, -0.25) is 4.79 Å². The predicted octanol–water partition coefficient (Wildman–Crippen LogP) is 1.29.